The van der Waals surface area contributed by atoms with Crippen molar-refractivity contribution < 1.29 is 13.2 Å². The summed E-state index contributed by atoms with van der Waals surface area (Å²) < 4.78 is 29.8. The van der Waals surface area contributed by atoms with Gasteiger partial charge in [-0.1, -0.05) is 98.4 Å². The van der Waals surface area contributed by atoms with Gasteiger partial charge in [0.05, 0.1) is 17.2 Å². The van der Waals surface area contributed by atoms with Gasteiger partial charge in [0.2, 0.25) is 15.9 Å². The van der Waals surface area contributed by atoms with Gasteiger partial charge in [-0.05, 0) is 37.1 Å². The smallest absolute Gasteiger partial charge is 0.243 e. The molecule has 1 amide bonds. The van der Waals surface area contributed by atoms with Crippen LogP contribution in [-0.4, -0.2) is 63.2 Å². The van der Waals surface area contributed by atoms with E-state index in [0.717, 1.165) is 11.1 Å². The first-order valence-electron chi connectivity index (χ1n) is 13.8. The fraction of sp³-hybridized carbons (Fsp3) is 0.323. The zero-order chi connectivity index (χ0) is 29.4. The second-order valence-electron chi connectivity index (χ2n) is 9.88. The average molecular weight is 592 g/mol. The lowest BCUT2D eigenvalue weighted by Crippen LogP contribution is -2.37. The van der Waals surface area contributed by atoms with Crippen molar-refractivity contribution in [2.75, 3.05) is 18.8 Å². The third-order valence-electron chi connectivity index (χ3n) is 6.80. The van der Waals surface area contributed by atoms with Crippen LogP contribution in [0.1, 0.15) is 38.8 Å². The zero-order valence-electron chi connectivity index (χ0n) is 24.0. The van der Waals surface area contributed by atoms with Gasteiger partial charge in [-0.3, -0.25) is 9.36 Å². The molecule has 4 rings (SSSR count). The topological polar surface area (TPSA) is 88.4 Å². The summed E-state index contributed by atoms with van der Waals surface area (Å²) in [5, 5.41) is 9.52. The van der Waals surface area contributed by atoms with Crippen LogP contribution < -0.4 is 0 Å². The summed E-state index contributed by atoms with van der Waals surface area (Å²) in [7, 11) is -3.64. The number of rotatable bonds is 13. The van der Waals surface area contributed by atoms with Crippen molar-refractivity contribution in [2.45, 2.75) is 56.9 Å². The molecule has 10 heteroatoms. The molecular formula is C31H37N5O3S2. The van der Waals surface area contributed by atoms with Gasteiger partial charge in [-0.2, -0.15) is 4.31 Å². The molecule has 0 aliphatic carbocycles. The molecule has 41 heavy (non-hydrogen) atoms. The monoisotopic (exact) mass is 591 g/mol. The highest BCUT2D eigenvalue weighted by molar-refractivity contribution is 7.99. The molecule has 3 aromatic carbocycles. The summed E-state index contributed by atoms with van der Waals surface area (Å²) in [4.78, 5) is 15.4. The summed E-state index contributed by atoms with van der Waals surface area (Å²) in [5.41, 5.74) is 2.77. The Balaban J connectivity index is 1.64. The number of carbonyl (C=O) groups is 1. The molecule has 0 saturated heterocycles. The highest BCUT2D eigenvalue weighted by Gasteiger charge is 2.24. The van der Waals surface area contributed by atoms with Gasteiger partial charge in [-0.25, -0.2) is 8.42 Å². The Bertz CT molecular complexity index is 1540. The first kappa shape index (κ1) is 30.5. The maximum Gasteiger partial charge on any atom is 0.243 e. The predicted molar refractivity (Wildman–Crippen MR) is 164 cm³/mol. The van der Waals surface area contributed by atoms with Crippen LogP contribution in [0.25, 0.3) is 11.4 Å². The van der Waals surface area contributed by atoms with E-state index in [1.54, 1.807) is 18.2 Å². The number of amides is 1. The summed E-state index contributed by atoms with van der Waals surface area (Å²) in [5.74, 6) is 0.760. The summed E-state index contributed by atoms with van der Waals surface area (Å²) in [6.45, 7) is 9.47. The van der Waals surface area contributed by atoms with Crippen LogP contribution in [0.5, 0.6) is 0 Å². The van der Waals surface area contributed by atoms with Crippen LogP contribution >= 0.6 is 11.8 Å². The first-order valence-corrected chi connectivity index (χ1v) is 16.2. The molecule has 0 saturated carbocycles. The Kier molecular flexibility index (Phi) is 10.4. The van der Waals surface area contributed by atoms with Gasteiger partial charge in [0, 0.05) is 31.2 Å². The molecule has 0 unspecified atom stereocenters. The third kappa shape index (κ3) is 7.44. The SMILES string of the molecule is CCN(CC)S(=O)(=O)c1cccc(-c2nnc(SCC(=O)N(Cc3ccccc3)C(C)C)n2Cc2ccccc2)c1. The Hall–Kier alpha value is -3.47. The van der Waals surface area contributed by atoms with Crippen molar-refractivity contribution in [3.05, 3.63) is 96.1 Å². The zero-order valence-corrected chi connectivity index (χ0v) is 25.6. The lowest BCUT2D eigenvalue weighted by atomic mass is 10.2. The predicted octanol–water partition coefficient (Wildman–Crippen LogP) is 5.55. The molecule has 0 atom stereocenters. The van der Waals surface area contributed by atoms with E-state index < -0.39 is 10.0 Å². The number of hydrogen-bond donors (Lipinski definition) is 0. The van der Waals surface area contributed by atoms with Crippen molar-refractivity contribution in [3.63, 3.8) is 0 Å². The fourth-order valence-electron chi connectivity index (χ4n) is 4.57. The average Bonchev–Trinajstić information content (AvgIpc) is 3.38. The largest absolute Gasteiger partial charge is 0.335 e. The number of hydrogen-bond acceptors (Lipinski definition) is 6. The second kappa shape index (κ2) is 13.9. The van der Waals surface area contributed by atoms with Gasteiger partial charge in [0.1, 0.15) is 0 Å². The molecule has 0 bridgehead atoms. The van der Waals surface area contributed by atoms with E-state index in [-0.39, 0.29) is 22.6 Å². The number of aromatic nitrogens is 3. The Labute approximate surface area is 247 Å². The molecular weight excluding hydrogens is 555 g/mol. The van der Waals surface area contributed by atoms with Gasteiger partial charge >= 0.3 is 0 Å². The Morgan fingerprint density at radius 2 is 1.51 bits per heavy atom. The lowest BCUT2D eigenvalue weighted by Gasteiger charge is -2.27. The molecule has 0 aliphatic rings. The Morgan fingerprint density at radius 1 is 0.878 bits per heavy atom. The minimum absolute atomic E-state index is 0.0111. The summed E-state index contributed by atoms with van der Waals surface area (Å²) in [6, 6.07) is 26.8. The third-order valence-corrected chi connectivity index (χ3v) is 9.80. The number of nitrogens with zero attached hydrogens (tertiary/aromatic N) is 5. The minimum atomic E-state index is -3.64. The molecule has 4 aromatic rings. The number of thioether (sulfide) groups is 1. The van der Waals surface area contributed by atoms with Crippen LogP contribution in [0.2, 0.25) is 0 Å². The van der Waals surface area contributed by atoms with Crippen LogP contribution in [-0.2, 0) is 27.9 Å². The maximum atomic E-state index is 13.4. The van der Waals surface area contributed by atoms with E-state index >= 15 is 0 Å². The van der Waals surface area contributed by atoms with Gasteiger partial charge < -0.3 is 4.90 Å². The number of sulfonamides is 1. The van der Waals surface area contributed by atoms with Crippen LogP contribution in [0, 0.1) is 0 Å². The molecule has 0 aliphatic heterocycles. The summed E-state index contributed by atoms with van der Waals surface area (Å²) in [6.07, 6.45) is 0. The molecule has 216 valence electrons. The fourth-order valence-corrected chi connectivity index (χ4v) is 6.90. The van der Waals surface area contributed by atoms with Gasteiger partial charge in [-0.15, -0.1) is 10.2 Å². The highest BCUT2D eigenvalue weighted by Crippen LogP contribution is 2.28. The van der Waals surface area contributed by atoms with Gasteiger partial charge in [0.25, 0.3) is 0 Å². The van der Waals surface area contributed by atoms with E-state index in [4.69, 9.17) is 0 Å². The normalized spacial score (nSPS) is 11.8. The number of benzene rings is 3. The van der Waals surface area contributed by atoms with Crippen LogP contribution in [0.3, 0.4) is 0 Å². The van der Waals surface area contributed by atoms with Crippen LogP contribution in [0.15, 0.2) is 95.0 Å². The van der Waals surface area contributed by atoms with Gasteiger partial charge in [0.15, 0.2) is 11.0 Å². The summed E-state index contributed by atoms with van der Waals surface area (Å²) >= 11 is 1.34. The van der Waals surface area contributed by atoms with Crippen molar-refractivity contribution in [2.24, 2.45) is 0 Å². The second-order valence-corrected chi connectivity index (χ2v) is 12.8. The lowest BCUT2D eigenvalue weighted by molar-refractivity contribution is -0.130. The molecule has 0 spiro atoms. The highest BCUT2D eigenvalue weighted by atomic mass is 32.2. The molecule has 0 radical (unpaired) electrons. The van der Waals surface area contributed by atoms with Crippen molar-refractivity contribution in [3.8, 4) is 11.4 Å². The molecule has 0 N–H and O–H groups in total. The van der Waals surface area contributed by atoms with E-state index in [1.165, 1.54) is 16.1 Å². The maximum absolute atomic E-state index is 13.4. The molecule has 0 fully saturated rings. The van der Waals surface area contributed by atoms with Crippen molar-refractivity contribution in [1.82, 2.24) is 24.0 Å². The number of carbonyl (C=O) groups excluding carboxylic acids is 1. The van der Waals surface area contributed by atoms with E-state index in [9.17, 15) is 13.2 Å². The molecule has 1 heterocycles. The van der Waals surface area contributed by atoms with E-state index in [0.29, 0.717) is 42.7 Å². The van der Waals surface area contributed by atoms with E-state index in [2.05, 4.69) is 10.2 Å². The van der Waals surface area contributed by atoms with Crippen LogP contribution in [0.4, 0.5) is 0 Å². The van der Waals surface area contributed by atoms with Crippen molar-refractivity contribution in [1.29, 1.82) is 0 Å². The standard InChI is InChI=1S/C31H37N5O3S2/c1-5-34(6-2)41(38,39)28-19-13-18-27(20-28)30-32-33-31(36(30)22-26-16-11-8-12-17-26)40-23-29(37)35(24(3)4)21-25-14-9-7-10-15-25/h7-20,24H,5-6,21-23H2,1-4H3. The molecule has 8 nitrogen and oxygen atoms in total. The Morgan fingerprint density at radius 3 is 2.12 bits per heavy atom. The molecule has 1 aromatic heterocycles. The van der Waals surface area contributed by atoms with Crippen molar-refractivity contribution >= 4 is 27.7 Å². The minimum Gasteiger partial charge on any atom is -0.335 e. The first-order chi connectivity index (χ1) is 19.7. The van der Waals surface area contributed by atoms with E-state index in [1.807, 2.05) is 104 Å². The quantitative estimate of drug-likeness (QED) is 0.189.